The van der Waals surface area contributed by atoms with Crippen molar-refractivity contribution in [2.75, 3.05) is 13.1 Å². The lowest BCUT2D eigenvalue weighted by atomic mass is 10.1. The van der Waals surface area contributed by atoms with Gasteiger partial charge >= 0.3 is 6.01 Å². The van der Waals surface area contributed by atoms with Crippen LogP contribution in [0.15, 0.2) is 41.6 Å². The fourth-order valence-corrected chi connectivity index (χ4v) is 4.20. The smallest absolute Gasteiger partial charge is 0.316 e. The van der Waals surface area contributed by atoms with Crippen molar-refractivity contribution >= 4 is 10.0 Å². The second kappa shape index (κ2) is 6.82. The number of benzene rings is 1. The molecule has 1 saturated heterocycles. The van der Waals surface area contributed by atoms with Crippen LogP contribution in [-0.4, -0.2) is 41.9 Å². The first-order valence-corrected chi connectivity index (χ1v) is 9.10. The summed E-state index contributed by atoms with van der Waals surface area (Å²) in [6.07, 6.45) is 2.97. The number of piperidine rings is 1. The van der Waals surface area contributed by atoms with Crippen LogP contribution in [0.25, 0.3) is 0 Å². The molecule has 1 aromatic carbocycles. The molecule has 0 saturated carbocycles. The number of nitrogens with zero attached hydrogens (tertiary/aromatic N) is 3. The highest BCUT2D eigenvalue weighted by Gasteiger charge is 2.30. The summed E-state index contributed by atoms with van der Waals surface area (Å²) in [5, 5.41) is 0. The van der Waals surface area contributed by atoms with E-state index in [2.05, 4.69) is 9.97 Å². The van der Waals surface area contributed by atoms with E-state index in [-0.39, 0.29) is 12.1 Å². The average molecular weight is 351 g/mol. The van der Waals surface area contributed by atoms with E-state index in [4.69, 9.17) is 4.74 Å². The lowest BCUT2D eigenvalue weighted by Gasteiger charge is -2.30. The summed E-state index contributed by atoms with van der Waals surface area (Å²) >= 11 is 0. The van der Waals surface area contributed by atoms with Crippen LogP contribution >= 0.6 is 0 Å². The Morgan fingerprint density at radius 1 is 1.21 bits per heavy atom. The van der Waals surface area contributed by atoms with Gasteiger partial charge in [-0.2, -0.15) is 4.31 Å². The third kappa shape index (κ3) is 3.70. The van der Waals surface area contributed by atoms with Crippen LogP contribution in [0.3, 0.4) is 0 Å². The number of aryl methyl sites for hydroxylation is 1. The van der Waals surface area contributed by atoms with Crippen molar-refractivity contribution in [2.45, 2.75) is 30.8 Å². The summed E-state index contributed by atoms with van der Waals surface area (Å²) in [6.45, 7) is 2.59. The van der Waals surface area contributed by atoms with E-state index in [1.54, 1.807) is 18.2 Å². The number of rotatable bonds is 4. The standard InChI is InChI=1S/C16H18FN3O3S/c1-12-3-2-4-15(9-12)24(21,22)20-7-5-14(6-8-20)23-16-18-10-13(17)11-19-16/h2-4,9-11,14H,5-8H2,1H3. The molecule has 0 radical (unpaired) electrons. The molecule has 3 rings (SSSR count). The van der Waals surface area contributed by atoms with Gasteiger partial charge in [-0.1, -0.05) is 12.1 Å². The SMILES string of the molecule is Cc1cccc(S(=O)(=O)N2CCC(Oc3ncc(F)cn3)CC2)c1. The largest absolute Gasteiger partial charge is 0.460 e. The fraction of sp³-hybridized carbons (Fsp3) is 0.375. The molecule has 0 atom stereocenters. The topological polar surface area (TPSA) is 72.4 Å². The Hall–Kier alpha value is -2.06. The third-order valence-electron chi connectivity index (χ3n) is 3.90. The average Bonchev–Trinajstić information content (AvgIpc) is 2.57. The first-order chi connectivity index (χ1) is 11.4. The van der Waals surface area contributed by atoms with Crippen molar-refractivity contribution in [2.24, 2.45) is 0 Å². The Labute approximate surface area is 140 Å². The molecule has 0 bridgehead atoms. The van der Waals surface area contributed by atoms with Crippen LogP contribution in [0, 0.1) is 12.7 Å². The molecule has 0 amide bonds. The molecule has 2 heterocycles. The van der Waals surface area contributed by atoms with Gasteiger partial charge in [-0.25, -0.2) is 22.8 Å². The zero-order valence-corrected chi connectivity index (χ0v) is 14.0. The summed E-state index contributed by atoms with van der Waals surface area (Å²) in [7, 11) is -3.49. The van der Waals surface area contributed by atoms with E-state index in [1.165, 1.54) is 4.31 Å². The summed E-state index contributed by atoms with van der Waals surface area (Å²) < 4.78 is 45.2. The summed E-state index contributed by atoms with van der Waals surface area (Å²) in [4.78, 5) is 7.82. The summed E-state index contributed by atoms with van der Waals surface area (Å²) in [5.41, 5.74) is 0.905. The van der Waals surface area contributed by atoms with Gasteiger partial charge in [0.2, 0.25) is 10.0 Å². The summed E-state index contributed by atoms with van der Waals surface area (Å²) in [6, 6.07) is 6.99. The van der Waals surface area contributed by atoms with E-state index >= 15 is 0 Å². The minimum absolute atomic E-state index is 0.108. The molecule has 0 unspecified atom stereocenters. The van der Waals surface area contributed by atoms with E-state index in [9.17, 15) is 12.8 Å². The molecule has 24 heavy (non-hydrogen) atoms. The highest BCUT2D eigenvalue weighted by atomic mass is 32.2. The molecule has 0 N–H and O–H groups in total. The maximum Gasteiger partial charge on any atom is 0.316 e. The van der Waals surface area contributed by atoms with Gasteiger partial charge in [-0.05, 0) is 37.5 Å². The molecule has 1 fully saturated rings. The molecular formula is C16H18FN3O3S. The third-order valence-corrected chi connectivity index (χ3v) is 5.79. The summed E-state index contributed by atoms with van der Waals surface area (Å²) in [5.74, 6) is -0.526. The van der Waals surface area contributed by atoms with Crippen LogP contribution in [-0.2, 0) is 10.0 Å². The maximum atomic E-state index is 12.8. The molecule has 8 heteroatoms. The first kappa shape index (κ1) is 16.8. The molecule has 1 aliphatic rings. The van der Waals surface area contributed by atoms with Gasteiger partial charge in [0.25, 0.3) is 0 Å². The quantitative estimate of drug-likeness (QED) is 0.844. The lowest BCUT2D eigenvalue weighted by Crippen LogP contribution is -2.41. The number of hydrogen-bond donors (Lipinski definition) is 0. The molecule has 6 nitrogen and oxygen atoms in total. The lowest BCUT2D eigenvalue weighted by molar-refractivity contribution is 0.124. The number of aromatic nitrogens is 2. The Morgan fingerprint density at radius 2 is 1.88 bits per heavy atom. The van der Waals surface area contributed by atoms with Gasteiger partial charge in [0, 0.05) is 13.1 Å². The van der Waals surface area contributed by atoms with Crippen LogP contribution in [0.5, 0.6) is 6.01 Å². The van der Waals surface area contributed by atoms with Gasteiger partial charge in [-0.15, -0.1) is 0 Å². The minimum atomic E-state index is -3.49. The normalized spacial score (nSPS) is 16.9. The number of sulfonamides is 1. The van der Waals surface area contributed by atoms with Crippen molar-refractivity contribution in [1.82, 2.24) is 14.3 Å². The first-order valence-electron chi connectivity index (χ1n) is 7.66. The number of halogens is 1. The van der Waals surface area contributed by atoms with Crippen molar-refractivity contribution in [1.29, 1.82) is 0 Å². The van der Waals surface area contributed by atoms with Crippen molar-refractivity contribution in [3.8, 4) is 6.01 Å². The van der Waals surface area contributed by atoms with E-state index < -0.39 is 15.8 Å². The van der Waals surface area contributed by atoms with Crippen molar-refractivity contribution in [3.05, 3.63) is 48.0 Å². The van der Waals surface area contributed by atoms with Crippen LogP contribution < -0.4 is 4.74 Å². The van der Waals surface area contributed by atoms with Gasteiger partial charge in [0.05, 0.1) is 17.3 Å². The Bertz CT molecular complexity index is 804. The molecule has 1 aromatic heterocycles. The monoisotopic (exact) mass is 351 g/mol. The molecule has 2 aromatic rings. The molecule has 128 valence electrons. The highest BCUT2D eigenvalue weighted by molar-refractivity contribution is 7.89. The van der Waals surface area contributed by atoms with Crippen molar-refractivity contribution in [3.63, 3.8) is 0 Å². The molecule has 0 aliphatic carbocycles. The van der Waals surface area contributed by atoms with E-state index in [0.29, 0.717) is 30.8 Å². The molecule has 0 spiro atoms. The van der Waals surface area contributed by atoms with Gasteiger partial charge in [0.1, 0.15) is 6.10 Å². The Morgan fingerprint density at radius 3 is 2.50 bits per heavy atom. The van der Waals surface area contributed by atoms with Crippen molar-refractivity contribution < 1.29 is 17.5 Å². The zero-order valence-electron chi connectivity index (χ0n) is 13.2. The maximum absolute atomic E-state index is 12.8. The number of ether oxygens (including phenoxy) is 1. The van der Waals surface area contributed by atoms with E-state index in [1.807, 2.05) is 13.0 Å². The number of hydrogen-bond acceptors (Lipinski definition) is 5. The van der Waals surface area contributed by atoms with E-state index in [0.717, 1.165) is 18.0 Å². The second-order valence-electron chi connectivity index (χ2n) is 5.72. The van der Waals surface area contributed by atoms with Crippen LogP contribution in [0.2, 0.25) is 0 Å². The van der Waals surface area contributed by atoms with Gasteiger partial charge in [0.15, 0.2) is 5.82 Å². The minimum Gasteiger partial charge on any atom is -0.460 e. The predicted molar refractivity (Wildman–Crippen MR) is 85.6 cm³/mol. The highest BCUT2D eigenvalue weighted by Crippen LogP contribution is 2.23. The van der Waals surface area contributed by atoms with Gasteiger partial charge < -0.3 is 4.74 Å². The Balaban J connectivity index is 1.63. The van der Waals surface area contributed by atoms with Gasteiger partial charge in [-0.3, -0.25) is 0 Å². The van der Waals surface area contributed by atoms with Crippen LogP contribution in [0.4, 0.5) is 4.39 Å². The zero-order chi connectivity index (χ0) is 17.2. The molecular weight excluding hydrogens is 333 g/mol. The predicted octanol–water partition coefficient (Wildman–Crippen LogP) is 2.16. The second-order valence-corrected chi connectivity index (χ2v) is 7.66. The van der Waals surface area contributed by atoms with Crippen LogP contribution in [0.1, 0.15) is 18.4 Å². The molecule has 1 aliphatic heterocycles. The Kier molecular flexibility index (Phi) is 4.77. The fourth-order valence-electron chi connectivity index (χ4n) is 2.63.